The monoisotopic (exact) mass is 600 g/mol. The normalized spacial score (nSPS) is 19.6. The highest BCUT2D eigenvalue weighted by Gasteiger charge is 2.33. The Morgan fingerprint density at radius 2 is 1.63 bits per heavy atom. The fraction of sp³-hybridized carbons (Fsp3) is 0.686. The number of likely N-dealkylation sites (tertiary alicyclic amines) is 1. The van der Waals surface area contributed by atoms with Crippen molar-refractivity contribution in [3.63, 3.8) is 0 Å². The van der Waals surface area contributed by atoms with Crippen molar-refractivity contribution < 1.29 is 19.5 Å². The fourth-order valence-electron chi connectivity index (χ4n) is 5.58. The van der Waals surface area contributed by atoms with E-state index in [0.717, 1.165) is 30.5 Å². The number of piperidine rings is 1. The van der Waals surface area contributed by atoms with Crippen molar-refractivity contribution in [3.8, 4) is 12.8 Å². The molecule has 3 amide bonds. The third kappa shape index (κ3) is 17.1. The maximum atomic E-state index is 12.7. The zero-order chi connectivity index (χ0) is 33.1. The van der Waals surface area contributed by atoms with E-state index in [4.69, 9.17) is 5.73 Å². The summed E-state index contributed by atoms with van der Waals surface area (Å²) in [6, 6.07) is 9.80. The van der Waals surface area contributed by atoms with E-state index in [2.05, 4.69) is 28.4 Å². The summed E-state index contributed by atoms with van der Waals surface area (Å²) < 4.78 is 0. The van der Waals surface area contributed by atoms with Crippen LogP contribution >= 0.6 is 0 Å². The molecule has 0 bridgehead atoms. The topological polar surface area (TPSA) is 125 Å². The highest BCUT2D eigenvalue weighted by molar-refractivity contribution is 5.87. The second-order valence-corrected chi connectivity index (χ2v) is 13.1. The minimum Gasteiger partial charge on any atom is -0.392 e. The van der Waals surface area contributed by atoms with Crippen LogP contribution in [-0.4, -0.2) is 65.5 Å². The maximum absolute atomic E-state index is 12.7. The van der Waals surface area contributed by atoms with Crippen molar-refractivity contribution >= 4 is 18.2 Å². The number of nitrogens with two attached hydrogens (primary N) is 1. The first kappa shape index (κ1) is 40.1. The molecule has 1 aliphatic carbocycles. The van der Waals surface area contributed by atoms with Crippen LogP contribution in [0.25, 0.3) is 0 Å². The predicted octanol–water partition coefficient (Wildman–Crippen LogP) is 4.69. The first-order valence-electron chi connectivity index (χ1n) is 15.9. The van der Waals surface area contributed by atoms with Gasteiger partial charge >= 0.3 is 0 Å². The number of carbonyl (C=O) groups is 3. The first-order chi connectivity index (χ1) is 20.3. The van der Waals surface area contributed by atoms with Crippen LogP contribution in [-0.2, 0) is 20.8 Å². The Morgan fingerprint density at radius 1 is 1.05 bits per heavy atom. The molecule has 1 saturated heterocycles. The average Bonchev–Trinajstić information content (AvgIpc) is 2.95. The van der Waals surface area contributed by atoms with Crippen LogP contribution in [0.3, 0.4) is 0 Å². The number of benzene rings is 1. The summed E-state index contributed by atoms with van der Waals surface area (Å²) in [5.74, 6) is 0.958. The third-order valence-electron chi connectivity index (χ3n) is 7.85. The van der Waals surface area contributed by atoms with E-state index in [1.54, 1.807) is 13.8 Å². The number of nitrogens with zero attached hydrogens (tertiary/aromatic N) is 1. The summed E-state index contributed by atoms with van der Waals surface area (Å²) in [4.78, 5) is 36.4. The number of carbonyl (C=O) groups excluding carboxylic acids is 3. The number of β-amino-alcohol motifs (C(OH)–C–C–N with tert-alkyl or cyclic N) is 1. The summed E-state index contributed by atoms with van der Waals surface area (Å²) in [6.45, 7) is 16.0. The van der Waals surface area contributed by atoms with Crippen LogP contribution in [0, 0.1) is 30.1 Å². The molecule has 0 radical (unpaired) electrons. The molecule has 8 nitrogen and oxygen atoms in total. The van der Waals surface area contributed by atoms with E-state index in [9.17, 15) is 19.5 Å². The molecular weight excluding hydrogens is 540 g/mol. The van der Waals surface area contributed by atoms with Crippen LogP contribution in [0.2, 0.25) is 0 Å². The zero-order valence-electron chi connectivity index (χ0n) is 27.9. The molecular formula is C35H60N4O4. The van der Waals surface area contributed by atoms with Gasteiger partial charge in [0.05, 0.1) is 11.5 Å². The maximum Gasteiger partial charge on any atom is 0.223 e. The lowest BCUT2D eigenvalue weighted by Crippen LogP contribution is -2.47. The van der Waals surface area contributed by atoms with Gasteiger partial charge < -0.3 is 26.4 Å². The van der Waals surface area contributed by atoms with Crippen molar-refractivity contribution in [2.45, 2.75) is 118 Å². The number of fused-ring (bicyclic) bond motifs is 1. The molecule has 1 heterocycles. The van der Waals surface area contributed by atoms with Crippen molar-refractivity contribution in [2.24, 2.45) is 23.0 Å². The molecule has 244 valence electrons. The second kappa shape index (κ2) is 20.9. The molecule has 43 heavy (non-hydrogen) atoms. The Bertz CT molecular complexity index is 942. The molecule has 3 rings (SSSR count). The van der Waals surface area contributed by atoms with Gasteiger partial charge in [-0.2, -0.15) is 0 Å². The second-order valence-electron chi connectivity index (χ2n) is 13.1. The number of terminal acetylenes is 1. The molecule has 1 saturated carbocycles. The minimum atomic E-state index is -0.898. The summed E-state index contributed by atoms with van der Waals surface area (Å²) in [5.41, 5.74) is 5.59. The molecule has 2 aliphatic rings. The minimum absolute atomic E-state index is 0.0406. The number of rotatable bonds is 11. The van der Waals surface area contributed by atoms with Gasteiger partial charge in [-0.3, -0.25) is 14.4 Å². The summed E-state index contributed by atoms with van der Waals surface area (Å²) in [7, 11) is 0. The van der Waals surface area contributed by atoms with Gasteiger partial charge in [0.1, 0.15) is 0 Å². The summed E-state index contributed by atoms with van der Waals surface area (Å²) in [6.07, 6.45) is 16.0. The SMILES string of the molecule is C#C.CC.CC(C)(C)NC=O.CC(C)(CC(=O)N[C@@H](Cc1ccccc1)C[C@H](O)CN1CC[C@@H]2CCCC[C@@H]2C1)C(N)=O. The van der Waals surface area contributed by atoms with E-state index >= 15 is 0 Å². The average molecular weight is 601 g/mol. The van der Waals surface area contributed by atoms with Crippen molar-refractivity contribution in [1.29, 1.82) is 0 Å². The van der Waals surface area contributed by atoms with E-state index < -0.39 is 17.4 Å². The lowest BCUT2D eigenvalue weighted by atomic mass is 9.75. The van der Waals surface area contributed by atoms with Crippen molar-refractivity contribution in [2.75, 3.05) is 19.6 Å². The fourth-order valence-corrected chi connectivity index (χ4v) is 5.58. The van der Waals surface area contributed by atoms with Crippen LogP contribution in [0.15, 0.2) is 30.3 Å². The van der Waals surface area contributed by atoms with Crippen LogP contribution in [0.1, 0.15) is 99.0 Å². The number of aliphatic hydroxyl groups excluding tert-OH is 1. The molecule has 1 aromatic carbocycles. The number of primary amides is 1. The van der Waals surface area contributed by atoms with Gasteiger partial charge in [-0.05, 0) is 70.4 Å². The molecule has 0 unspecified atom stereocenters. The van der Waals surface area contributed by atoms with Gasteiger partial charge in [0, 0.05) is 31.1 Å². The van der Waals surface area contributed by atoms with Gasteiger partial charge in [0.15, 0.2) is 0 Å². The van der Waals surface area contributed by atoms with Crippen LogP contribution < -0.4 is 16.4 Å². The van der Waals surface area contributed by atoms with Crippen LogP contribution in [0.4, 0.5) is 0 Å². The molecule has 2 fully saturated rings. The van der Waals surface area contributed by atoms with E-state index in [1.807, 2.05) is 65.0 Å². The Balaban J connectivity index is 0.00000139. The lowest BCUT2D eigenvalue weighted by Gasteiger charge is -2.42. The Hall–Kier alpha value is -2.89. The van der Waals surface area contributed by atoms with Gasteiger partial charge in [0.2, 0.25) is 18.2 Å². The van der Waals surface area contributed by atoms with Gasteiger partial charge in [-0.1, -0.05) is 77.3 Å². The molecule has 0 spiro atoms. The van der Waals surface area contributed by atoms with E-state index in [-0.39, 0.29) is 23.9 Å². The zero-order valence-corrected chi connectivity index (χ0v) is 27.9. The Kier molecular flexibility index (Phi) is 19.5. The Labute approximate surface area is 261 Å². The highest BCUT2D eigenvalue weighted by atomic mass is 16.3. The van der Waals surface area contributed by atoms with Crippen LogP contribution in [0.5, 0.6) is 0 Å². The number of nitrogens with one attached hydrogen (secondary N) is 2. The molecule has 1 aromatic rings. The lowest BCUT2D eigenvalue weighted by molar-refractivity contribution is -0.132. The van der Waals surface area contributed by atoms with Crippen molar-refractivity contribution in [3.05, 3.63) is 35.9 Å². The summed E-state index contributed by atoms with van der Waals surface area (Å²) >= 11 is 0. The Morgan fingerprint density at radius 3 is 2.14 bits per heavy atom. The molecule has 1 aliphatic heterocycles. The van der Waals surface area contributed by atoms with Gasteiger partial charge in [0.25, 0.3) is 0 Å². The standard InChI is InChI=1S/C26H41N3O3.C5H11NO.C2H6.C2H2/c1-26(2,25(27)32)16-24(31)28-22(14-19-8-4-3-5-9-19)15-23(30)18-29-13-12-20-10-6-7-11-21(20)17-29;1-5(2,3)6-4-7;2*1-2/h3-5,8-9,20-23,30H,6-7,10-18H2,1-2H3,(H2,27,32)(H,28,31);4H,1-3H3,(H,6,7);1-2H3;1-2H/t20-,21+,22-,23-;;;/m0.../s1. The number of hydrogen-bond donors (Lipinski definition) is 4. The quantitative estimate of drug-likeness (QED) is 0.217. The summed E-state index contributed by atoms with van der Waals surface area (Å²) in [5, 5.41) is 16.6. The third-order valence-corrected chi connectivity index (χ3v) is 7.85. The van der Waals surface area contributed by atoms with Gasteiger partial charge in [-0.15, -0.1) is 12.8 Å². The molecule has 0 aromatic heterocycles. The predicted molar refractivity (Wildman–Crippen MR) is 177 cm³/mol. The van der Waals surface area contributed by atoms with Gasteiger partial charge in [-0.25, -0.2) is 0 Å². The largest absolute Gasteiger partial charge is 0.392 e. The highest BCUT2D eigenvalue weighted by Crippen LogP contribution is 2.36. The molecule has 8 heteroatoms. The number of hydrogen-bond acceptors (Lipinski definition) is 5. The van der Waals surface area contributed by atoms with Crippen molar-refractivity contribution in [1.82, 2.24) is 15.5 Å². The van der Waals surface area contributed by atoms with E-state index in [0.29, 0.717) is 25.8 Å². The number of aliphatic hydroxyl groups is 1. The number of amides is 3. The first-order valence-corrected chi connectivity index (χ1v) is 15.9. The molecule has 4 atom stereocenters. The van der Waals surface area contributed by atoms with E-state index in [1.165, 1.54) is 32.1 Å². The molecule has 5 N–H and O–H groups in total. The smallest absolute Gasteiger partial charge is 0.223 e.